The van der Waals surface area contributed by atoms with E-state index in [0.717, 1.165) is 60.2 Å². The summed E-state index contributed by atoms with van der Waals surface area (Å²) in [4.78, 5) is 14.5. The van der Waals surface area contributed by atoms with Crippen molar-refractivity contribution in [2.45, 2.75) is 45.2 Å². The monoisotopic (exact) mass is 474 g/mol. The molecule has 180 valence electrons. The predicted molar refractivity (Wildman–Crippen MR) is 131 cm³/mol. The van der Waals surface area contributed by atoms with E-state index in [1.807, 2.05) is 49.4 Å². The number of nitrogens with one attached hydrogen (secondary N) is 1. The number of aryl methyl sites for hydroxylation is 1. The summed E-state index contributed by atoms with van der Waals surface area (Å²) in [5.41, 5.74) is 2.00. The highest BCUT2D eigenvalue weighted by atomic mass is 35.5. The lowest BCUT2D eigenvalue weighted by Gasteiger charge is -2.31. The largest absolute Gasteiger partial charge is 0.494 e. The zero-order chi connectivity index (χ0) is 23.5. The number of nitrogens with zero attached hydrogens (tertiary/aromatic N) is 1. The summed E-state index contributed by atoms with van der Waals surface area (Å²) in [5.74, 6) is 1.61. The number of amides is 1. The molecule has 1 saturated heterocycles. The van der Waals surface area contributed by atoms with Gasteiger partial charge < -0.3 is 19.5 Å². The lowest BCUT2D eigenvalue weighted by molar-refractivity contribution is -0.121. The molecule has 0 bridgehead atoms. The Labute approximate surface area is 202 Å². The fourth-order valence-electron chi connectivity index (χ4n) is 3.78. The van der Waals surface area contributed by atoms with Crippen molar-refractivity contribution in [2.24, 2.45) is 0 Å². The van der Waals surface area contributed by atoms with Gasteiger partial charge in [-0.1, -0.05) is 23.7 Å². The van der Waals surface area contributed by atoms with Crippen molar-refractivity contribution in [3.05, 3.63) is 58.6 Å². The number of ether oxygens (including phenoxy) is 3. The molecule has 0 saturated carbocycles. The van der Waals surface area contributed by atoms with E-state index in [4.69, 9.17) is 25.8 Å². The lowest BCUT2D eigenvalue weighted by Crippen LogP contribution is -2.38. The van der Waals surface area contributed by atoms with Crippen LogP contribution in [0, 0.1) is 6.92 Å². The van der Waals surface area contributed by atoms with Crippen LogP contribution >= 0.6 is 11.6 Å². The molecule has 1 aliphatic heterocycles. The van der Waals surface area contributed by atoms with Gasteiger partial charge in [0.25, 0.3) is 0 Å². The maximum Gasteiger partial charge on any atom is 0.220 e. The molecule has 7 heteroatoms. The van der Waals surface area contributed by atoms with E-state index >= 15 is 0 Å². The van der Waals surface area contributed by atoms with Crippen molar-refractivity contribution < 1.29 is 19.0 Å². The van der Waals surface area contributed by atoms with Crippen molar-refractivity contribution in [3.8, 4) is 11.5 Å². The molecule has 2 aromatic rings. The molecule has 1 fully saturated rings. The maximum absolute atomic E-state index is 12.2. The summed E-state index contributed by atoms with van der Waals surface area (Å²) in [6.07, 6.45) is 3.23. The van der Waals surface area contributed by atoms with Gasteiger partial charge in [-0.3, -0.25) is 9.69 Å². The molecule has 0 aromatic heterocycles. The Hall–Kier alpha value is -2.28. The van der Waals surface area contributed by atoms with E-state index in [-0.39, 0.29) is 5.91 Å². The molecular formula is C26H35ClN2O4. The molecule has 0 spiro atoms. The zero-order valence-electron chi connectivity index (χ0n) is 19.6. The summed E-state index contributed by atoms with van der Waals surface area (Å²) in [6.45, 7) is 6.11. The van der Waals surface area contributed by atoms with Gasteiger partial charge in [-0.25, -0.2) is 0 Å². The molecule has 6 nitrogen and oxygen atoms in total. The molecule has 1 heterocycles. The third-order valence-corrected chi connectivity index (χ3v) is 6.29. The van der Waals surface area contributed by atoms with E-state index in [2.05, 4.69) is 17.3 Å². The predicted octanol–water partition coefficient (Wildman–Crippen LogP) is 4.61. The molecular weight excluding hydrogens is 440 g/mol. The van der Waals surface area contributed by atoms with Gasteiger partial charge in [0, 0.05) is 43.8 Å². The lowest BCUT2D eigenvalue weighted by atomic mass is 10.1. The highest BCUT2D eigenvalue weighted by Crippen LogP contribution is 2.21. The Bertz CT molecular complexity index is 886. The molecule has 2 aromatic carbocycles. The van der Waals surface area contributed by atoms with Gasteiger partial charge >= 0.3 is 0 Å². The van der Waals surface area contributed by atoms with Crippen LogP contribution in [0.4, 0.5) is 0 Å². The number of likely N-dealkylation sites (N-methyl/N-ethyl adjacent to an activating group) is 1. The Morgan fingerprint density at radius 2 is 1.88 bits per heavy atom. The number of carbonyl (C=O) groups excluding carboxylic acids is 1. The number of carbonyl (C=O) groups is 1. The first-order valence-electron chi connectivity index (χ1n) is 11.7. The number of halogens is 1. The normalized spacial score (nSPS) is 14.3. The van der Waals surface area contributed by atoms with Gasteiger partial charge in [0.15, 0.2) is 0 Å². The maximum atomic E-state index is 12.2. The molecule has 1 aliphatic rings. The van der Waals surface area contributed by atoms with Gasteiger partial charge in [0.05, 0.1) is 6.61 Å². The average Bonchev–Trinajstić information content (AvgIpc) is 2.83. The smallest absolute Gasteiger partial charge is 0.220 e. The van der Waals surface area contributed by atoms with Crippen molar-refractivity contribution in [3.63, 3.8) is 0 Å². The van der Waals surface area contributed by atoms with Crippen LogP contribution in [0.5, 0.6) is 11.5 Å². The van der Waals surface area contributed by atoms with Crippen molar-refractivity contribution >= 4 is 17.5 Å². The van der Waals surface area contributed by atoms with Crippen LogP contribution in [0.25, 0.3) is 0 Å². The minimum absolute atomic E-state index is 0.00953. The molecule has 0 unspecified atom stereocenters. The number of benzene rings is 2. The van der Waals surface area contributed by atoms with E-state index in [9.17, 15) is 4.79 Å². The van der Waals surface area contributed by atoms with Crippen LogP contribution in [0.1, 0.15) is 36.8 Å². The van der Waals surface area contributed by atoms with E-state index in [0.29, 0.717) is 38.6 Å². The highest BCUT2D eigenvalue weighted by Gasteiger charge is 2.18. The second-order valence-corrected chi connectivity index (χ2v) is 8.87. The summed E-state index contributed by atoms with van der Waals surface area (Å²) >= 11 is 6.02. The fraction of sp³-hybridized carbons (Fsp3) is 0.500. The Balaban J connectivity index is 1.31. The second-order valence-electron chi connectivity index (χ2n) is 8.46. The molecule has 33 heavy (non-hydrogen) atoms. The van der Waals surface area contributed by atoms with Crippen molar-refractivity contribution in [1.29, 1.82) is 0 Å². The summed E-state index contributed by atoms with van der Waals surface area (Å²) < 4.78 is 17.1. The van der Waals surface area contributed by atoms with Gasteiger partial charge in [-0.2, -0.15) is 0 Å². The van der Waals surface area contributed by atoms with Crippen LogP contribution in [0.2, 0.25) is 5.02 Å². The second kappa shape index (κ2) is 13.4. The summed E-state index contributed by atoms with van der Waals surface area (Å²) in [6, 6.07) is 14.0. The zero-order valence-corrected chi connectivity index (χ0v) is 20.4. The molecule has 0 atom stereocenters. The van der Waals surface area contributed by atoms with Gasteiger partial charge in [0.1, 0.15) is 18.1 Å². The van der Waals surface area contributed by atoms with E-state index < -0.39 is 0 Å². The summed E-state index contributed by atoms with van der Waals surface area (Å²) in [7, 11) is 2.15. The first kappa shape index (κ1) is 25.3. The first-order chi connectivity index (χ1) is 16.0. The molecule has 1 N–H and O–H groups in total. The van der Waals surface area contributed by atoms with Crippen molar-refractivity contribution in [2.75, 3.05) is 40.0 Å². The highest BCUT2D eigenvalue weighted by molar-refractivity contribution is 6.31. The third kappa shape index (κ3) is 8.88. The summed E-state index contributed by atoms with van der Waals surface area (Å²) in [5, 5.41) is 3.69. The minimum atomic E-state index is 0.00953. The van der Waals surface area contributed by atoms with E-state index in [1.165, 1.54) is 0 Å². The Morgan fingerprint density at radius 3 is 2.67 bits per heavy atom. The Kier molecular flexibility index (Phi) is 10.3. The minimum Gasteiger partial charge on any atom is -0.494 e. The number of hydrogen-bond donors (Lipinski definition) is 1. The molecule has 3 rings (SSSR count). The first-order valence-corrected chi connectivity index (χ1v) is 12.0. The van der Waals surface area contributed by atoms with Crippen molar-refractivity contribution in [1.82, 2.24) is 10.2 Å². The number of rotatable bonds is 12. The molecule has 0 aliphatic carbocycles. The standard InChI is InChI=1S/C26H35ClN2O4/c1-20-17-24(8-9-25(20)27)32-13-4-7-26(30)28-19-21-5-3-6-23(18-21)33-16-12-29(2)22-10-14-31-15-11-22/h3,5-6,8-9,17-18,22H,4,7,10-16,19H2,1-2H3,(H,28,30). The number of hydrogen-bond acceptors (Lipinski definition) is 5. The molecule has 1 amide bonds. The van der Waals surface area contributed by atoms with Crippen LogP contribution in [0.15, 0.2) is 42.5 Å². The van der Waals surface area contributed by atoms with Crippen LogP contribution in [-0.2, 0) is 16.1 Å². The topological polar surface area (TPSA) is 60.0 Å². The van der Waals surface area contributed by atoms with Gasteiger partial charge in [0.2, 0.25) is 5.91 Å². The Morgan fingerprint density at radius 1 is 1.12 bits per heavy atom. The average molecular weight is 475 g/mol. The SMILES string of the molecule is Cc1cc(OCCCC(=O)NCc2cccc(OCCN(C)C3CCOCC3)c2)ccc1Cl. The quantitative estimate of drug-likeness (QED) is 0.455. The van der Waals surface area contributed by atoms with Crippen LogP contribution in [-0.4, -0.2) is 56.9 Å². The molecule has 0 radical (unpaired) electrons. The third-order valence-electron chi connectivity index (χ3n) is 5.86. The van der Waals surface area contributed by atoms with Gasteiger partial charge in [-0.15, -0.1) is 0 Å². The fourth-order valence-corrected chi connectivity index (χ4v) is 3.90. The van der Waals surface area contributed by atoms with E-state index in [1.54, 1.807) is 0 Å². The van der Waals surface area contributed by atoms with Crippen LogP contribution in [0.3, 0.4) is 0 Å². The van der Waals surface area contributed by atoms with Gasteiger partial charge in [-0.05, 0) is 74.7 Å². The van der Waals surface area contributed by atoms with Crippen LogP contribution < -0.4 is 14.8 Å².